The van der Waals surface area contributed by atoms with Crippen molar-refractivity contribution >= 4 is 22.9 Å². The highest BCUT2D eigenvalue weighted by Gasteiger charge is 2.19. The van der Waals surface area contributed by atoms with Crippen LogP contribution in [0.2, 0.25) is 4.34 Å². The Morgan fingerprint density at radius 3 is 2.80 bits per heavy atom. The van der Waals surface area contributed by atoms with Gasteiger partial charge in [-0.2, -0.15) is 0 Å². The molecule has 0 amide bonds. The van der Waals surface area contributed by atoms with E-state index in [0.717, 1.165) is 16.9 Å². The van der Waals surface area contributed by atoms with Gasteiger partial charge in [-0.25, -0.2) is 0 Å². The molecule has 0 radical (unpaired) electrons. The van der Waals surface area contributed by atoms with Crippen LogP contribution in [0.4, 0.5) is 0 Å². The zero-order valence-electron chi connectivity index (χ0n) is 8.71. The average Bonchev–Trinajstić information content (AvgIpc) is 2.56. The minimum atomic E-state index is 0.420. The lowest BCUT2D eigenvalue weighted by molar-refractivity contribution is 0.333. The predicted octanol–water partition coefficient (Wildman–Crippen LogP) is 2.59. The Morgan fingerprint density at radius 1 is 1.53 bits per heavy atom. The van der Waals surface area contributed by atoms with Crippen LogP contribution in [0.1, 0.15) is 30.1 Å². The van der Waals surface area contributed by atoms with Crippen molar-refractivity contribution in [3.63, 3.8) is 0 Å². The zero-order valence-corrected chi connectivity index (χ0v) is 10.3. The molecule has 1 aromatic rings. The van der Waals surface area contributed by atoms with Crippen LogP contribution in [-0.2, 0) is 0 Å². The molecule has 0 aliphatic heterocycles. The molecule has 0 aromatic carbocycles. The maximum atomic E-state index is 5.92. The van der Waals surface area contributed by atoms with Gasteiger partial charge in [-0.3, -0.25) is 0 Å². The van der Waals surface area contributed by atoms with E-state index < -0.39 is 0 Å². The molecule has 1 unspecified atom stereocenters. The maximum Gasteiger partial charge on any atom is 0.0931 e. The first-order valence-corrected chi connectivity index (χ1v) is 6.67. The molecular weight excluding hydrogens is 228 g/mol. The topological polar surface area (TPSA) is 38.0 Å². The van der Waals surface area contributed by atoms with Crippen molar-refractivity contribution in [3.8, 4) is 0 Å². The first kappa shape index (κ1) is 11.4. The summed E-state index contributed by atoms with van der Waals surface area (Å²) in [6.07, 6.45) is 4.01. The first-order valence-electron chi connectivity index (χ1n) is 5.48. The molecule has 2 nitrogen and oxygen atoms in total. The molecule has 1 fully saturated rings. The van der Waals surface area contributed by atoms with Gasteiger partial charge in [-0.05, 0) is 25.0 Å². The fourth-order valence-corrected chi connectivity index (χ4v) is 2.94. The van der Waals surface area contributed by atoms with E-state index in [0.29, 0.717) is 12.5 Å². The molecule has 0 spiro atoms. The summed E-state index contributed by atoms with van der Waals surface area (Å²) in [5, 5.41) is 3.56. The number of rotatable bonds is 5. The Labute approximate surface area is 99.8 Å². The van der Waals surface area contributed by atoms with E-state index in [2.05, 4.69) is 11.4 Å². The number of hydrogen-bond acceptors (Lipinski definition) is 3. The van der Waals surface area contributed by atoms with Gasteiger partial charge >= 0.3 is 0 Å². The van der Waals surface area contributed by atoms with Crippen LogP contribution in [0.5, 0.6) is 0 Å². The van der Waals surface area contributed by atoms with Crippen LogP contribution < -0.4 is 11.1 Å². The largest absolute Gasteiger partial charge is 0.330 e. The van der Waals surface area contributed by atoms with Gasteiger partial charge in [0.1, 0.15) is 0 Å². The van der Waals surface area contributed by atoms with Gasteiger partial charge < -0.3 is 11.1 Å². The second-order valence-corrected chi connectivity index (χ2v) is 5.86. The van der Waals surface area contributed by atoms with Gasteiger partial charge in [0.25, 0.3) is 0 Å². The Kier molecular flexibility index (Phi) is 4.03. The minimum absolute atomic E-state index is 0.420. The molecule has 1 aromatic heterocycles. The number of nitrogens with two attached hydrogens (primary N) is 1. The van der Waals surface area contributed by atoms with Gasteiger partial charge in [0.15, 0.2) is 0 Å². The number of nitrogens with one attached hydrogen (secondary N) is 1. The van der Waals surface area contributed by atoms with Gasteiger partial charge in [0.2, 0.25) is 0 Å². The summed E-state index contributed by atoms with van der Waals surface area (Å²) >= 11 is 7.56. The normalized spacial score (nSPS) is 18.8. The van der Waals surface area contributed by atoms with E-state index in [1.165, 1.54) is 24.1 Å². The number of halogens is 1. The monoisotopic (exact) mass is 244 g/mol. The lowest BCUT2D eigenvalue weighted by Crippen LogP contribution is -2.38. The summed E-state index contributed by atoms with van der Waals surface area (Å²) in [4.78, 5) is 1.30. The van der Waals surface area contributed by atoms with Crippen LogP contribution in [0.15, 0.2) is 12.1 Å². The highest BCUT2D eigenvalue weighted by Crippen LogP contribution is 2.28. The van der Waals surface area contributed by atoms with Crippen molar-refractivity contribution in [1.82, 2.24) is 5.32 Å². The third-order valence-corrected chi connectivity index (χ3v) is 4.43. The van der Waals surface area contributed by atoms with Gasteiger partial charge in [0.05, 0.1) is 4.34 Å². The van der Waals surface area contributed by atoms with Crippen LogP contribution in [0.3, 0.4) is 0 Å². The highest BCUT2D eigenvalue weighted by molar-refractivity contribution is 7.16. The predicted molar refractivity (Wildman–Crippen MR) is 66.8 cm³/mol. The number of thiophene rings is 1. The molecule has 15 heavy (non-hydrogen) atoms. The molecule has 1 saturated carbocycles. The van der Waals surface area contributed by atoms with Crippen molar-refractivity contribution in [2.45, 2.75) is 31.2 Å². The first-order chi connectivity index (χ1) is 7.29. The highest BCUT2D eigenvalue weighted by atomic mass is 35.5. The van der Waals surface area contributed by atoms with Gasteiger partial charge in [-0.1, -0.05) is 18.0 Å². The molecule has 1 heterocycles. The lowest BCUT2D eigenvalue weighted by atomic mass is 9.92. The van der Waals surface area contributed by atoms with E-state index in [9.17, 15) is 0 Å². The summed E-state index contributed by atoms with van der Waals surface area (Å²) in [6.45, 7) is 1.68. The van der Waals surface area contributed by atoms with Gasteiger partial charge in [0, 0.05) is 29.9 Å². The molecular formula is C11H17ClN2S. The van der Waals surface area contributed by atoms with Crippen LogP contribution in [-0.4, -0.2) is 19.1 Å². The molecule has 4 heteroatoms. The quantitative estimate of drug-likeness (QED) is 0.836. The van der Waals surface area contributed by atoms with Crippen LogP contribution in [0.25, 0.3) is 0 Å². The molecule has 3 N–H and O–H groups in total. The Bertz CT molecular complexity index is 309. The summed E-state index contributed by atoms with van der Waals surface area (Å²) in [7, 11) is 0. The van der Waals surface area contributed by atoms with Gasteiger partial charge in [-0.15, -0.1) is 11.3 Å². The summed E-state index contributed by atoms with van der Waals surface area (Å²) < 4.78 is 0.854. The molecule has 2 rings (SSSR count). The van der Waals surface area contributed by atoms with E-state index in [1.54, 1.807) is 11.3 Å². The minimum Gasteiger partial charge on any atom is -0.330 e. The third-order valence-electron chi connectivity index (χ3n) is 3.04. The second-order valence-electron chi connectivity index (χ2n) is 4.11. The summed E-state index contributed by atoms with van der Waals surface area (Å²) in [5.74, 6) is 0.420. The molecule has 1 atom stereocenters. The Hall–Kier alpha value is -0.0900. The average molecular weight is 245 g/mol. The van der Waals surface area contributed by atoms with Crippen molar-refractivity contribution in [1.29, 1.82) is 0 Å². The van der Waals surface area contributed by atoms with Crippen molar-refractivity contribution in [2.24, 2.45) is 5.73 Å². The number of hydrogen-bond donors (Lipinski definition) is 2. The lowest BCUT2D eigenvalue weighted by Gasteiger charge is -2.28. The summed E-state index contributed by atoms with van der Waals surface area (Å²) in [5.41, 5.74) is 5.78. The fourth-order valence-electron chi connectivity index (χ4n) is 1.77. The molecule has 84 valence electrons. The third kappa shape index (κ3) is 2.94. The van der Waals surface area contributed by atoms with Crippen LogP contribution in [0, 0.1) is 0 Å². The molecule has 1 aliphatic carbocycles. The Morgan fingerprint density at radius 2 is 2.33 bits per heavy atom. The van der Waals surface area contributed by atoms with E-state index in [-0.39, 0.29) is 0 Å². The zero-order chi connectivity index (χ0) is 10.7. The smallest absolute Gasteiger partial charge is 0.0931 e. The molecule has 0 bridgehead atoms. The van der Waals surface area contributed by atoms with E-state index in [1.807, 2.05) is 6.07 Å². The van der Waals surface area contributed by atoms with Crippen molar-refractivity contribution in [2.75, 3.05) is 13.1 Å². The fraction of sp³-hybridized carbons (Fsp3) is 0.636. The van der Waals surface area contributed by atoms with Crippen LogP contribution >= 0.6 is 22.9 Å². The second kappa shape index (κ2) is 5.30. The molecule has 1 aliphatic rings. The van der Waals surface area contributed by atoms with E-state index >= 15 is 0 Å². The standard InChI is InChI=1S/C11H17ClN2S/c12-11-5-4-10(15-11)8(6-13)7-14-9-2-1-3-9/h4-5,8-9,14H,1-3,6-7,13H2. The SMILES string of the molecule is NCC(CNC1CCC1)c1ccc(Cl)s1. The van der Waals surface area contributed by atoms with Crippen molar-refractivity contribution < 1.29 is 0 Å². The summed E-state index contributed by atoms with van der Waals surface area (Å²) in [6, 6.07) is 4.77. The van der Waals surface area contributed by atoms with Crippen molar-refractivity contribution in [3.05, 3.63) is 21.3 Å². The van der Waals surface area contributed by atoms with E-state index in [4.69, 9.17) is 17.3 Å². The molecule has 0 saturated heterocycles. The Balaban J connectivity index is 1.85. The maximum absolute atomic E-state index is 5.92.